The Balaban J connectivity index is 2.07. The van der Waals surface area contributed by atoms with Crippen LogP contribution in [0.4, 0.5) is 0 Å². The van der Waals surface area contributed by atoms with Gasteiger partial charge in [0.25, 0.3) is 11.5 Å². The van der Waals surface area contributed by atoms with Crippen LogP contribution in [-0.2, 0) is 6.54 Å². The van der Waals surface area contributed by atoms with E-state index in [1.54, 1.807) is 36.4 Å². The molecule has 0 spiro atoms. The zero-order valence-corrected chi connectivity index (χ0v) is 16.0. The van der Waals surface area contributed by atoms with Gasteiger partial charge in [-0.3, -0.25) is 19.0 Å². The molecule has 0 saturated heterocycles. The van der Waals surface area contributed by atoms with Crippen LogP contribution in [0.25, 0.3) is 16.7 Å². The summed E-state index contributed by atoms with van der Waals surface area (Å²) in [5, 5.41) is 2.76. The number of hydrogen-bond acceptors (Lipinski definition) is 5. The maximum atomic E-state index is 13.4. The first-order valence-corrected chi connectivity index (χ1v) is 9.11. The second-order valence-corrected chi connectivity index (χ2v) is 6.53. The summed E-state index contributed by atoms with van der Waals surface area (Å²) in [5.41, 5.74) is -0.371. The van der Waals surface area contributed by atoms with Gasteiger partial charge in [-0.05, 0) is 24.3 Å². The van der Waals surface area contributed by atoms with E-state index in [0.29, 0.717) is 11.4 Å². The van der Waals surface area contributed by atoms with E-state index >= 15 is 0 Å². The largest absolute Gasteiger partial charge is 0.363 e. The standard InChI is InChI=1S/C21H17N5O4/c1-22-19(28)15-5-2-3-7-17(15)26-18-16(6-4-9-24-18)20(29)25(21(26)30)12-13-11-14(27)8-10-23-13/h2-11H,12H2,1H3,(H,22,28)(H,23,27). The van der Waals surface area contributed by atoms with Crippen LogP contribution in [0.1, 0.15) is 16.1 Å². The third-order valence-electron chi connectivity index (χ3n) is 4.67. The molecule has 2 N–H and O–H groups in total. The average molecular weight is 403 g/mol. The molecule has 0 aliphatic carbocycles. The van der Waals surface area contributed by atoms with Gasteiger partial charge in [-0.1, -0.05) is 12.1 Å². The third-order valence-corrected chi connectivity index (χ3v) is 4.67. The van der Waals surface area contributed by atoms with Crippen LogP contribution in [0.15, 0.2) is 75.3 Å². The van der Waals surface area contributed by atoms with Gasteiger partial charge >= 0.3 is 5.69 Å². The number of H-pyrrole nitrogens is 1. The average Bonchev–Trinajstić information content (AvgIpc) is 2.76. The fourth-order valence-electron chi connectivity index (χ4n) is 3.29. The molecule has 0 bridgehead atoms. The van der Waals surface area contributed by atoms with Crippen LogP contribution in [0.5, 0.6) is 0 Å². The van der Waals surface area contributed by atoms with E-state index in [4.69, 9.17) is 0 Å². The van der Waals surface area contributed by atoms with E-state index in [1.807, 2.05) is 0 Å². The SMILES string of the molecule is CNC(=O)c1ccccc1-n1c(=O)n(Cc2cc(=O)cc[nH]2)c(=O)c2cccnc21. The Hall–Kier alpha value is -4.27. The minimum Gasteiger partial charge on any atom is -0.363 e. The summed E-state index contributed by atoms with van der Waals surface area (Å²) in [6.07, 6.45) is 2.92. The highest BCUT2D eigenvalue weighted by molar-refractivity contribution is 5.98. The second-order valence-electron chi connectivity index (χ2n) is 6.53. The van der Waals surface area contributed by atoms with Crippen LogP contribution < -0.4 is 22.0 Å². The molecule has 3 aromatic heterocycles. The predicted molar refractivity (Wildman–Crippen MR) is 111 cm³/mol. The molecule has 3 heterocycles. The summed E-state index contributed by atoms with van der Waals surface area (Å²) < 4.78 is 2.25. The fraction of sp³-hybridized carbons (Fsp3) is 0.0952. The molecule has 0 fully saturated rings. The van der Waals surface area contributed by atoms with Gasteiger partial charge in [-0.25, -0.2) is 14.3 Å². The molecule has 4 aromatic rings. The van der Waals surface area contributed by atoms with Crippen molar-refractivity contribution in [1.82, 2.24) is 24.4 Å². The molecule has 0 radical (unpaired) electrons. The van der Waals surface area contributed by atoms with Crippen molar-refractivity contribution < 1.29 is 4.79 Å². The van der Waals surface area contributed by atoms with Gasteiger partial charge in [0, 0.05) is 37.3 Å². The summed E-state index contributed by atoms with van der Waals surface area (Å²) >= 11 is 0. The highest BCUT2D eigenvalue weighted by Gasteiger charge is 2.19. The van der Waals surface area contributed by atoms with Gasteiger partial charge in [0.15, 0.2) is 11.1 Å². The van der Waals surface area contributed by atoms with Gasteiger partial charge in [-0.15, -0.1) is 0 Å². The van der Waals surface area contributed by atoms with Gasteiger partial charge < -0.3 is 10.3 Å². The fourth-order valence-corrected chi connectivity index (χ4v) is 3.29. The Kier molecular flexibility index (Phi) is 4.85. The molecule has 0 saturated carbocycles. The van der Waals surface area contributed by atoms with E-state index in [9.17, 15) is 19.2 Å². The Morgan fingerprint density at radius 1 is 1.10 bits per heavy atom. The number of nitrogens with one attached hydrogen (secondary N) is 2. The molecular formula is C21H17N5O4. The second kappa shape index (κ2) is 7.63. The molecular weight excluding hydrogens is 386 g/mol. The number of rotatable bonds is 4. The van der Waals surface area contributed by atoms with Gasteiger partial charge in [0.05, 0.1) is 23.2 Å². The molecule has 0 aliphatic heterocycles. The molecule has 0 aliphatic rings. The smallest absolute Gasteiger partial charge is 0.337 e. The number of aromatic nitrogens is 4. The third kappa shape index (κ3) is 3.22. The summed E-state index contributed by atoms with van der Waals surface area (Å²) in [5.74, 6) is -0.383. The molecule has 9 nitrogen and oxygen atoms in total. The van der Waals surface area contributed by atoms with Crippen LogP contribution in [0, 0.1) is 0 Å². The number of benzene rings is 1. The van der Waals surface area contributed by atoms with Crippen molar-refractivity contribution >= 4 is 16.9 Å². The molecule has 150 valence electrons. The molecule has 30 heavy (non-hydrogen) atoms. The molecule has 1 aromatic carbocycles. The van der Waals surface area contributed by atoms with E-state index in [2.05, 4.69) is 15.3 Å². The summed E-state index contributed by atoms with van der Waals surface area (Å²) in [6.45, 7) is -0.138. The molecule has 0 atom stereocenters. The maximum absolute atomic E-state index is 13.4. The van der Waals surface area contributed by atoms with Crippen molar-refractivity contribution in [2.24, 2.45) is 0 Å². The number of pyridine rings is 2. The van der Waals surface area contributed by atoms with Crippen molar-refractivity contribution in [3.8, 4) is 5.69 Å². The number of carbonyl (C=O) groups excluding carboxylic acids is 1. The summed E-state index contributed by atoms with van der Waals surface area (Å²) in [6, 6.07) is 12.4. The maximum Gasteiger partial charge on any atom is 0.337 e. The number of fused-ring (bicyclic) bond motifs is 1. The van der Waals surface area contributed by atoms with Crippen LogP contribution >= 0.6 is 0 Å². The lowest BCUT2D eigenvalue weighted by Crippen LogP contribution is -2.41. The van der Waals surface area contributed by atoms with Crippen molar-refractivity contribution in [2.75, 3.05) is 7.05 Å². The van der Waals surface area contributed by atoms with Gasteiger partial charge in [0.2, 0.25) is 0 Å². The molecule has 9 heteroatoms. The Morgan fingerprint density at radius 3 is 2.67 bits per heavy atom. The zero-order valence-electron chi connectivity index (χ0n) is 16.0. The minimum absolute atomic E-state index is 0.138. The molecule has 1 amide bonds. The number of aromatic amines is 1. The van der Waals surface area contributed by atoms with Gasteiger partial charge in [0.1, 0.15) is 0 Å². The highest BCUT2D eigenvalue weighted by Crippen LogP contribution is 2.16. The number of amides is 1. The van der Waals surface area contributed by atoms with Crippen molar-refractivity contribution in [3.63, 3.8) is 0 Å². The van der Waals surface area contributed by atoms with E-state index in [0.717, 1.165) is 4.57 Å². The van der Waals surface area contributed by atoms with Crippen LogP contribution in [0.2, 0.25) is 0 Å². The quantitative estimate of drug-likeness (QED) is 0.518. The van der Waals surface area contributed by atoms with Crippen molar-refractivity contribution in [2.45, 2.75) is 6.54 Å². The van der Waals surface area contributed by atoms with Crippen LogP contribution in [0.3, 0.4) is 0 Å². The van der Waals surface area contributed by atoms with E-state index < -0.39 is 11.2 Å². The lowest BCUT2D eigenvalue weighted by Gasteiger charge is -2.15. The monoisotopic (exact) mass is 403 g/mol. The molecule has 0 unspecified atom stereocenters. The minimum atomic E-state index is -0.674. The highest BCUT2D eigenvalue weighted by atomic mass is 16.2. The lowest BCUT2D eigenvalue weighted by molar-refractivity contribution is 0.0963. The van der Waals surface area contributed by atoms with Crippen LogP contribution in [-0.4, -0.2) is 32.1 Å². The van der Waals surface area contributed by atoms with E-state index in [1.165, 1.54) is 36.1 Å². The first-order chi connectivity index (χ1) is 14.5. The number of carbonyl (C=O) groups is 1. The molecule has 4 rings (SSSR count). The number of nitrogens with zero attached hydrogens (tertiary/aromatic N) is 3. The normalized spacial score (nSPS) is 10.8. The Morgan fingerprint density at radius 2 is 1.90 bits per heavy atom. The first-order valence-electron chi connectivity index (χ1n) is 9.11. The summed E-state index contributed by atoms with van der Waals surface area (Å²) in [7, 11) is 1.49. The van der Waals surface area contributed by atoms with Crippen molar-refractivity contribution in [1.29, 1.82) is 0 Å². The predicted octanol–water partition coefficient (Wildman–Crippen LogP) is 0.644. The summed E-state index contributed by atoms with van der Waals surface area (Å²) in [4.78, 5) is 57.6. The van der Waals surface area contributed by atoms with Crippen molar-refractivity contribution in [3.05, 3.63) is 103 Å². The Bertz CT molecular complexity index is 1450. The Labute approximate surface area is 169 Å². The topological polar surface area (TPSA) is 119 Å². The van der Waals surface area contributed by atoms with E-state index in [-0.39, 0.29) is 34.5 Å². The van der Waals surface area contributed by atoms with Gasteiger partial charge in [-0.2, -0.15) is 0 Å². The zero-order chi connectivity index (χ0) is 21.3. The number of hydrogen-bond donors (Lipinski definition) is 2. The lowest BCUT2D eigenvalue weighted by atomic mass is 10.1. The first kappa shape index (κ1) is 19.1. The number of para-hydroxylation sites is 1.